The van der Waals surface area contributed by atoms with E-state index in [4.69, 9.17) is 5.73 Å². The molecule has 1 atom stereocenters. The minimum atomic E-state index is -0.408. The molecule has 0 saturated heterocycles. The van der Waals surface area contributed by atoms with E-state index >= 15 is 0 Å². The smallest absolute Gasteiger partial charge is 0.222 e. The van der Waals surface area contributed by atoms with E-state index in [0.717, 1.165) is 19.3 Å². The van der Waals surface area contributed by atoms with Crippen LogP contribution in [0.5, 0.6) is 0 Å². The lowest BCUT2D eigenvalue weighted by molar-refractivity contribution is -0.122. The third kappa shape index (κ3) is 6.89. The third-order valence-electron chi connectivity index (χ3n) is 2.11. The Balaban J connectivity index is 3.91. The molecule has 0 aliphatic rings. The highest BCUT2D eigenvalue weighted by Crippen LogP contribution is 2.06. The van der Waals surface area contributed by atoms with Gasteiger partial charge in [0.05, 0.1) is 0 Å². The molecule has 0 fully saturated rings. The molecule has 0 aromatic carbocycles. The highest BCUT2D eigenvalue weighted by molar-refractivity contribution is 5.77. The summed E-state index contributed by atoms with van der Waals surface area (Å²) in [5.74, 6) is 0.0674. The summed E-state index contributed by atoms with van der Waals surface area (Å²) in [6.45, 7) is 7.95. The largest absolute Gasteiger partial charge is 0.353 e. The fourth-order valence-corrected chi connectivity index (χ4v) is 1.42. The second-order valence-corrected chi connectivity index (χ2v) is 4.63. The summed E-state index contributed by atoms with van der Waals surface area (Å²) in [5.41, 5.74) is 5.36. The highest BCUT2D eigenvalue weighted by Gasteiger charge is 2.17. The Labute approximate surface area is 87.4 Å². The number of amides is 1. The number of carbonyl (C=O) groups is 1. The van der Waals surface area contributed by atoms with Gasteiger partial charge in [-0.25, -0.2) is 0 Å². The zero-order chi connectivity index (χ0) is 11.2. The van der Waals surface area contributed by atoms with Crippen molar-refractivity contribution in [1.82, 2.24) is 5.32 Å². The first-order chi connectivity index (χ1) is 6.39. The fraction of sp³-hybridized carbons (Fsp3) is 0.909. The van der Waals surface area contributed by atoms with Crippen molar-refractivity contribution in [3.8, 4) is 0 Å². The van der Waals surface area contributed by atoms with Crippen LogP contribution in [0.1, 0.15) is 53.4 Å². The van der Waals surface area contributed by atoms with Crippen molar-refractivity contribution < 1.29 is 4.79 Å². The van der Waals surface area contributed by atoms with E-state index in [1.807, 2.05) is 13.8 Å². The summed E-state index contributed by atoms with van der Waals surface area (Å²) in [5, 5.41) is 3.01. The maximum Gasteiger partial charge on any atom is 0.222 e. The first-order valence-corrected chi connectivity index (χ1v) is 5.47. The molecule has 0 bridgehead atoms. The molecule has 1 unspecified atom stereocenters. The van der Waals surface area contributed by atoms with Gasteiger partial charge in [0.2, 0.25) is 5.91 Å². The molecule has 3 N–H and O–H groups in total. The number of hydrogen-bond donors (Lipinski definition) is 2. The van der Waals surface area contributed by atoms with E-state index < -0.39 is 5.54 Å². The van der Waals surface area contributed by atoms with Crippen molar-refractivity contribution in [1.29, 1.82) is 0 Å². The molecule has 0 radical (unpaired) electrons. The molecule has 1 amide bonds. The van der Waals surface area contributed by atoms with Gasteiger partial charge in [0, 0.05) is 18.0 Å². The number of hydrogen-bond acceptors (Lipinski definition) is 2. The molecular weight excluding hydrogens is 176 g/mol. The molecule has 84 valence electrons. The van der Waals surface area contributed by atoms with Gasteiger partial charge < -0.3 is 11.1 Å². The standard InChI is InChI=1S/C11H24N2O/c1-5-7-9(6-2)13-10(14)8-11(3,4)12/h9H,5-8,12H2,1-4H3,(H,13,14). The van der Waals surface area contributed by atoms with Crippen LogP contribution in [0.2, 0.25) is 0 Å². The van der Waals surface area contributed by atoms with E-state index in [0.29, 0.717) is 12.5 Å². The monoisotopic (exact) mass is 200 g/mol. The van der Waals surface area contributed by atoms with Gasteiger partial charge in [0.25, 0.3) is 0 Å². The quantitative estimate of drug-likeness (QED) is 0.687. The SMILES string of the molecule is CCCC(CC)NC(=O)CC(C)(C)N. The van der Waals surface area contributed by atoms with Crippen LogP contribution >= 0.6 is 0 Å². The molecule has 0 aromatic rings. The van der Waals surface area contributed by atoms with Crippen LogP contribution < -0.4 is 11.1 Å². The minimum absolute atomic E-state index is 0.0674. The van der Waals surface area contributed by atoms with Crippen molar-refractivity contribution in [2.45, 2.75) is 65.0 Å². The van der Waals surface area contributed by atoms with Crippen LogP contribution in [-0.4, -0.2) is 17.5 Å². The first kappa shape index (κ1) is 13.4. The van der Waals surface area contributed by atoms with Gasteiger partial charge in [-0.2, -0.15) is 0 Å². The van der Waals surface area contributed by atoms with Crippen molar-refractivity contribution in [2.24, 2.45) is 5.73 Å². The van der Waals surface area contributed by atoms with Gasteiger partial charge >= 0.3 is 0 Å². The van der Waals surface area contributed by atoms with Crippen molar-refractivity contribution in [3.05, 3.63) is 0 Å². The molecule has 0 heterocycles. The fourth-order valence-electron chi connectivity index (χ4n) is 1.42. The first-order valence-electron chi connectivity index (χ1n) is 5.47. The van der Waals surface area contributed by atoms with E-state index in [9.17, 15) is 4.79 Å². The summed E-state index contributed by atoms with van der Waals surface area (Å²) in [4.78, 5) is 11.5. The summed E-state index contributed by atoms with van der Waals surface area (Å²) in [6.07, 6.45) is 3.54. The minimum Gasteiger partial charge on any atom is -0.353 e. The number of rotatable bonds is 6. The maximum atomic E-state index is 11.5. The summed E-state index contributed by atoms with van der Waals surface area (Å²) in [6, 6.07) is 0.315. The second-order valence-electron chi connectivity index (χ2n) is 4.63. The van der Waals surface area contributed by atoms with Crippen LogP contribution in [0.3, 0.4) is 0 Å². The van der Waals surface area contributed by atoms with E-state index in [-0.39, 0.29) is 5.91 Å². The summed E-state index contributed by atoms with van der Waals surface area (Å²) >= 11 is 0. The predicted octanol–water partition coefficient (Wildman–Crippen LogP) is 1.81. The molecule has 0 aliphatic carbocycles. The molecule has 14 heavy (non-hydrogen) atoms. The molecule has 3 nitrogen and oxygen atoms in total. The zero-order valence-corrected chi connectivity index (χ0v) is 9.89. The summed E-state index contributed by atoms with van der Waals surface area (Å²) < 4.78 is 0. The Hall–Kier alpha value is -0.570. The van der Waals surface area contributed by atoms with Gasteiger partial charge in [-0.3, -0.25) is 4.79 Å². The van der Waals surface area contributed by atoms with Gasteiger partial charge in [0.15, 0.2) is 0 Å². The molecular formula is C11H24N2O. The van der Waals surface area contributed by atoms with Crippen molar-refractivity contribution in [2.75, 3.05) is 0 Å². The van der Waals surface area contributed by atoms with Crippen LogP contribution in [0, 0.1) is 0 Å². The van der Waals surface area contributed by atoms with E-state index in [1.54, 1.807) is 0 Å². The normalized spacial score (nSPS) is 13.8. The number of carbonyl (C=O) groups excluding carboxylic acids is 1. The van der Waals surface area contributed by atoms with E-state index in [2.05, 4.69) is 19.2 Å². The molecule has 0 aromatic heterocycles. The van der Waals surface area contributed by atoms with Crippen LogP contribution in [0.4, 0.5) is 0 Å². The van der Waals surface area contributed by atoms with Crippen LogP contribution in [0.15, 0.2) is 0 Å². The third-order valence-corrected chi connectivity index (χ3v) is 2.11. The van der Waals surface area contributed by atoms with Gasteiger partial charge in [-0.15, -0.1) is 0 Å². The lowest BCUT2D eigenvalue weighted by Gasteiger charge is -2.21. The lowest BCUT2D eigenvalue weighted by Crippen LogP contribution is -2.42. The van der Waals surface area contributed by atoms with Crippen molar-refractivity contribution >= 4 is 5.91 Å². The Morgan fingerprint density at radius 2 is 2.00 bits per heavy atom. The Kier molecular flexibility index (Phi) is 5.77. The van der Waals surface area contributed by atoms with E-state index in [1.165, 1.54) is 0 Å². The van der Waals surface area contributed by atoms with Gasteiger partial charge in [-0.05, 0) is 26.7 Å². The molecule has 0 rings (SSSR count). The Morgan fingerprint density at radius 3 is 2.36 bits per heavy atom. The molecule has 0 aliphatic heterocycles. The summed E-state index contributed by atoms with van der Waals surface area (Å²) in [7, 11) is 0. The van der Waals surface area contributed by atoms with Gasteiger partial charge in [0.1, 0.15) is 0 Å². The lowest BCUT2D eigenvalue weighted by atomic mass is 10.0. The van der Waals surface area contributed by atoms with Crippen LogP contribution in [0.25, 0.3) is 0 Å². The molecule has 3 heteroatoms. The zero-order valence-electron chi connectivity index (χ0n) is 9.89. The Morgan fingerprint density at radius 1 is 1.43 bits per heavy atom. The number of nitrogens with two attached hydrogens (primary N) is 1. The highest BCUT2D eigenvalue weighted by atomic mass is 16.1. The Bertz CT molecular complexity index is 173. The second kappa shape index (κ2) is 6.02. The van der Waals surface area contributed by atoms with Gasteiger partial charge in [-0.1, -0.05) is 20.3 Å². The molecule has 0 saturated carbocycles. The molecule has 0 spiro atoms. The average molecular weight is 200 g/mol. The average Bonchev–Trinajstić information content (AvgIpc) is 2.00. The number of nitrogens with one attached hydrogen (secondary N) is 1. The van der Waals surface area contributed by atoms with Crippen LogP contribution in [-0.2, 0) is 4.79 Å². The predicted molar refractivity (Wildman–Crippen MR) is 60.0 cm³/mol. The van der Waals surface area contributed by atoms with Crippen molar-refractivity contribution in [3.63, 3.8) is 0 Å². The maximum absolute atomic E-state index is 11.5. The topological polar surface area (TPSA) is 55.1 Å².